The smallest absolute Gasteiger partial charge is 0.306 e. The standard InChI is InChI=1S/C59H96O6/c1-4-7-10-13-16-19-22-25-28-29-32-34-37-40-43-46-49-52-58(61)64-55-56(65-59(62)53-50-47-44-41-38-35-31-27-24-21-18-15-12-9-6-3)54-63-57(60)51-48-45-42-39-36-33-30-26-23-20-17-14-11-8-5-2/h16-21,25-28,30-32,34,36,39-40,43,56H,4-15,22-24,29,33,35,37-38,41-42,44-55H2,1-3H3/b19-16-,20-17-,21-18-,28-25-,30-26-,31-27-,34-32-,39-36-,43-40-/t56-/m0/s1. The quantitative estimate of drug-likeness (QED) is 0.0262. The molecule has 0 heterocycles. The Hall–Kier alpha value is -3.93. The molecule has 0 aliphatic rings. The van der Waals surface area contributed by atoms with Crippen LogP contribution < -0.4 is 0 Å². The number of carbonyl (C=O) groups is 3. The molecule has 0 saturated carbocycles. The molecule has 368 valence electrons. The van der Waals surface area contributed by atoms with Gasteiger partial charge in [-0.3, -0.25) is 14.4 Å². The average molecular weight is 901 g/mol. The van der Waals surface area contributed by atoms with E-state index < -0.39 is 6.10 Å². The summed E-state index contributed by atoms with van der Waals surface area (Å²) in [5.74, 6) is -1.03. The van der Waals surface area contributed by atoms with E-state index in [2.05, 4.69) is 130 Å². The molecule has 0 saturated heterocycles. The first kappa shape index (κ1) is 61.1. The molecule has 0 aliphatic heterocycles. The predicted octanol–water partition coefficient (Wildman–Crippen LogP) is 17.5. The van der Waals surface area contributed by atoms with Gasteiger partial charge in [-0.25, -0.2) is 0 Å². The molecular formula is C59H96O6. The van der Waals surface area contributed by atoms with Crippen molar-refractivity contribution in [2.45, 2.75) is 232 Å². The minimum absolute atomic E-state index is 0.123. The highest BCUT2D eigenvalue weighted by atomic mass is 16.6. The summed E-state index contributed by atoms with van der Waals surface area (Å²) in [5.41, 5.74) is 0. The van der Waals surface area contributed by atoms with Crippen molar-refractivity contribution in [2.24, 2.45) is 0 Å². The molecule has 65 heavy (non-hydrogen) atoms. The van der Waals surface area contributed by atoms with E-state index in [-0.39, 0.29) is 44.0 Å². The third-order valence-corrected chi connectivity index (χ3v) is 10.7. The summed E-state index contributed by atoms with van der Waals surface area (Å²) in [6.07, 6.45) is 70.7. The molecule has 0 aliphatic carbocycles. The number of esters is 3. The first-order chi connectivity index (χ1) is 32.0. The van der Waals surface area contributed by atoms with Gasteiger partial charge in [0.15, 0.2) is 6.10 Å². The Labute approximate surface area is 400 Å². The molecule has 0 unspecified atom stereocenters. The van der Waals surface area contributed by atoms with Gasteiger partial charge in [0.25, 0.3) is 0 Å². The second-order valence-corrected chi connectivity index (χ2v) is 17.1. The molecule has 6 heteroatoms. The van der Waals surface area contributed by atoms with Crippen molar-refractivity contribution < 1.29 is 28.6 Å². The molecule has 0 aromatic heterocycles. The van der Waals surface area contributed by atoms with Crippen molar-refractivity contribution in [1.82, 2.24) is 0 Å². The highest BCUT2D eigenvalue weighted by molar-refractivity contribution is 5.71. The van der Waals surface area contributed by atoms with Crippen molar-refractivity contribution >= 4 is 17.9 Å². The molecule has 0 N–H and O–H groups in total. The summed E-state index contributed by atoms with van der Waals surface area (Å²) in [7, 11) is 0. The zero-order valence-electron chi connectivity index (χ0n) is 42.0. The monoisotopic (exact) mass is 901 g/mol. The van der Waals surface area contributed by atoms with Gasteiger partial charge in [0.2, 0.25) is 0 Å². The van der Waals surface area contributed by atoms with Crippen LogP contribution in [0.2, 0.25) is 0 Å². The van der Waals surface area contributed by atoms with E-state index >= 15 is 0 Å². The number of hydrogen-bond donors (Lipinski definition) is 0. The summed E-state index contributed by atoms with van der Waals surface area (Å²) in [5, 5.41) is 0. The van der Waals surface area contributed by atoms with Gasteiger partial charge in [-0.2, -0.15) is 0 Å². The second-order valence-electron chi connectivity index (χ2n) is 17.1. The van der Waals surface area contributed by atoms with E-state index in [9.17, 15) is 14.4 Å². The Bertz CT molecular complexity index is 1360. The minimum atomic E-state index is -0.825. The summed E-state index contributed by atoms with van der Waals surface area (Å²) in [4.78, 5) is 38.0. The number of rotatable bonds is 46. The van der Waals surface area contributed by atoms with Gasteiger partial charge in [0, 0.05) is 19.3 Å². The zero-order chi connectivity index (χ0) is 47.2. The summed E-state index contributed by atoms with van der Waals surface area (Å²) in [6, 6.07) is 0. The normalized spacial score (nSPS) is 13.0. The van der Waals surface area contributed by atoms with Crippen LogP contribution in [0.3, 0.4) is 0 Å². The molecule has 6 nitrogen and oxygen atoms in total. The van der Waals surface area contributed by atoms with E-state index in [0.717, 1.165) is 96.3 Å². The highest BCUT2D eigenvalue weighted by Crippen LogP contribution is 2.12. The molecule has 0 radical (unpaired) electrons. The first-order valence-corrected chi connectivity index (χ1v) is 26.4. The third-order valence-electron chi connectivity index (χ3n) is 10.7. The fraction of sp³-hybridized carbons (Fsp3) is 0.644. The maximum atomic E-state index is 12.8. The Kier molecular flexibility index (Phi) is 49.5. The van der Waals surface area contributed by atoms with Crippen LogP contribution in [0.1, 0.15) is 226 Å². The van der Waals surface area contributed by atoms with Gasteiger partial charge in [0.05, 0.1) is 0 Å². The van der Waals surface area contributed by atoms with Crippen molar-refractivity contribution in [3.63, 3.8) is 0 Å². The van der Waals surface area contributed by atoms with Crippen molar-refractivity contribution in [2.75, 3.05) is 13.2 Å². The SMILES string of the molecule is CCCCC/C=C\C/C=C\C/C=C\C/C=C\CCCC(=O)OC[C@H](COC(=O)CCCC/C=C\C/C=C\C/C=C\CCCCC)OC(=O)CCCCCCC/C=C\C/C=C\CCCCC. The minimum Gasteiger partial charge on any atom is -0.462 e. The van der Waals surface area contributed by atoms with E-state index in [0.29, 0.717) is 19.3 Å². The van der Waals surface area contributed by atoms with Crippen molar-refractivity contribution in [3.8, 4) is 0 Å². The molecule has 0 spiro atoms. The highest BCUT2D eigenvalue weighted by Gasteiger charge is 2.19. The van der Waals surface area contributed by atoms with Crippen LogP contribution >= 0.6 is 0 Å². The Morgan fingerprint density at radius 1 is 0.308 bits per heavy atom. The fourth-order valence-electron chi connectivity index (χ4n) is 6.70. The average Bonchev–Trinajstić information content (AvgIpc) is 3.30. The Balaban J connectivity index is 4.58. The van der Waals surface area contributed by atoms with Gasteiger partial charge in [-0.15, -0.1) is 0 Å². The van der Waals surface area contributed by atoms with Crippen LogP contribution in [0, 0.1) is 0 Å². The molecule has 0 fully saturated rings. The maximum Gasteiger partial charge on any atom is 0.306 e. The lowest BCUT2D eigenvalue weighted by molar-refractivity contribution is -0.167. The van der Waals surface area contributed by atoms with Crippen LogP contribution in [0.25, 0.3) is 0 Å². The van der Waals surface area contributed by atoms with Crippen molar-refractivity contribution in [1.29, 1.82) is 0 Å². The summed E-state index contributed by atoms with van der Waals surface area (Å²) < 4.78 is 16.7. The van der Waals surface area contributed by atoms with E-state index in [1.165, 1.54) is 77.0 Å². The number of unbranched alkanes of at least 4 members (excludes halogenated alkanes) is 17. The van der Waals surface area contributed by atoms with Gasteiger partial charge in [0.1, 0.15) is 13.2 Å². The molecular weight excluding hydrogens is 805 g/mol. The van der Waals surface area contributed by atoms with Gasteiger partial charge < -0.3 is 14.2 Å². The maximum absolute atomic E-state index is 12.8. The van der Waals surface area contributed by atoms with Crippen LogP contribution in [0.4, 0.5) is 0 Å². The third kappa shape index (κ3) is 50.9. The largest absolute Gasteiger partial charge is 0.462 e. The first-order valence-electron chi connectivity index (χ1n) is 26.4. The lowest BCUT2D eigenvalue weighted by Gasteiger charge is -2.18. The molecule has 0 amide bonds. The van der Waals surface area contributed by atoms with Crippen LogP contribution in [-0.2, 0) is 28.6 Å². The lowest BCUT2D eigenvalue weighted by Crippen LogP contribution is -2.30. The number of allylic oxidation sites excluding steroid dienone is 18. The molecule has 0 bridgehead atoms. The zero-order valence-corrected chi connectivity index (χ0v) is 42.0. The van der Waals surface area contributed by atoms with Crippen LogP contribution in [0.15, 0.2) is 109 Å². The van der Waals surface area contributed by atoms with Gasteiger partial charge >= 0.3 is 17.9 Å². The van der Waals surface area contributed by atoms with Gasteiger partial charge in [-0.1, -0.05) is 188 Å². The Morgan fingerprint density at radius 2 is 0.569 bits per heavy atom. The van der Waals surface area contributed by atoms with E-state index in [1.54, 1.807) is 0 Å². The Morgan fingerprint density at radius 3 is 0.954 bits per heavy atom. The molecule has 0 aromatic rings. The lowest BCUT2D eigenvalue weighted by atomic mass is 10.1. The fourth-order valence-corrected chi connectivity index (χ4v) is 6.70. The molecule has 1 atom stereocenters. The summed E-state index contributed by atoms with van der Waals surface area (Å²) >= 11 is 0. The summed E-state index contributed by atoms with van der Waals surface area (Å²) in [6.45, 7) is 6.45. The van der Waals surface area contributed by atoms with E-state index in [1.807, 2.05) is 0 Å². The van der Waals surface area contributed by atoms with Crippen molar-refractivity contribution in [3.05, 3.63) is 109 Å². The number of carbonyl (C=O) groups excluding carboxylic acids is 3. The molecule has 0 rings (SSSR count). The number of ether oxygens (including phenoxy) is 3. The van der Waals surface area contributed by atoms with Crippen LogP contribution in [0.5, 0.6) is 0 Å². The second kappa shape index (κ2) is 52.7. The predicted molar refractivity (Wildman–Crippen MR) is 279 cm³/mol. The van der Waals surface area contributed by atoms with E-state index in [4.69, 9.17) is 14.2 Å². The van der Waals surface area contributed by atoms with Gasteiger partial charge in [-0.05, 0) is 128 Å². The topological polar surface area (TPSA) is 78.9 Å². The molecule has 0 aromatic carbocycles. The number of hydrogen-bond acceptors (Lipinski definition) is 6. The van der Waals surface area contributed by atoms with Crippen LogP contribution in [-0.4, -0.2) is 37.2 Å².